The molecule has 1 saturated carbocycles. The minimum atomic E-state index is -0.756. The maximum absolute atomic E-state index is 11.5. The van der Waals surface area contributed by atoms with E-state index in [0.29, 0.717) is 5.92 Å². The molecule has 4 heteroatoms. The highest BCUT2D eigenvalue weighted by molar-refractivity contribution is 5.63. The lowest BCUT2D eigenvalue weighted by Gasteiger charge is -2.40. The van der Waals surface area contributed by atoms with Gasteiger partial charge in [-0.2, -0.15) is 0 Å². The lowest BCUT2D eigenvalue weighted by molar-refractivity contribution is -0.448. The standard InChI is InChI=1S/C13H22O4/c1-10-5-4-7-13(9-14)11(10)6-8-12(2,15-3)16-17-13/h9-11H,4-8H2,1-3H3/t10-,11+,12+,13-/m1/s1. The van der Waals surface area contributed by atoms with Gasteiger partial charge in [-0.15, -0.1) is 0 Å². The van der Waals surface area contributed by atoms with Gasteiger partial charge in [-0.25, -0.2) is 9.78 Å². The Labute approximate surface area is 103 Å². The number of methoxy groups -OCH3 is 1. The molecular weight excluding hydrogens is 220 g/mol. The Hall–Kier alpha value is -0.450. The number of hydrogen-bond donors (Lipinski definition) is 0. The van der Waals surface area contributed by atoms with Crippen molar-refractivity contribution in [1.82, 2.24) is 0 Å². The second-order valence-electron chi connectivity index (χ2n) is 5.59. The average Bonchev–Trinajstić information content (AvgIpc) is 2.50. The van der Waals surface area contributed by atoms with E-state index in [1.165, 1.54) is 0 Å². The van der Waals surface area contributed by atoms with Crippen molar-refractivity contribution in [1.29, 1.82) is 0 Å². The van der Waals surface area contributed by atoms with Gasteiger partial charge < -0.3 is 4.74 Å². The topological polar surface area (TPSA) is 44.8 Å². The van der Waals surface area contributed by atoms with Crippen molar-refractivity contribution in [2.45, 2.75) is 57.3 Å². The number of carbonyl (C=O) groups is 1. The maximum atomic E-state index is 11.5. The van der Waals surface area contributed by atoms with Crippen LogP contribution in [0.15, 0.2) is 0 Å². The van der Waals surface area contributed by atoms with Gasteiger partial charge in [-0.3, -0.25) is 4.79 Å². The Balaban J connectivity index is 2.23. The fraction of sp³-hybridized carbons (Fsp3) is 0.923. The minimum Gasteiger partial charge on any atom is -0.351 e. The summed E-state index contributed by atoms with van der Waals surface area (Å²) >= 11 is 0. The van der Waals surface area contributed by atoms with Crippen molar-refractivity contribution in [2.24, 2.45) is 11.8 Å². The predicted octanol–water partition coefficient (Wildman–Crippen LogP) is 2.46. The number of rotatable bonds is 2. The molecule has 0 amide bonds. The molecule has 98 valence electrons. The van der Waals surface area contributed by atoms with E-state index in [9.17, 15) is 4.79 Å². The molecule has 0 aromatic heterocycles. The molecule has 0 aromatic rings. The van der Waals surface area contributed by atoms with E-state index >= 15 is 0 Å². The number of fused-ring (bicyclic) bond motifs is 1. The Kier molecular flexibility index (Phi) is 3.57. The lowest BCUT2D eigenvalue weighted by atomic mass is 9.68. The molecule has 4 nitrogen and oxygen atoms in total. The summed E-state index contributed by atoms with van der Waals surface area (Å²) in [4.78, 5) is 22.4. The van der Waals surface area contributed by atoms with Crippen LogP contribution in [0.3, 0.4) is 0 Å². The molecule has 0 N–H and O–H groups in total. The van der Waals surface area contributed by atoms with E-state index in [2.05, 4.69) is 6.92 Å². The van der Waals surface area contributed by atoms with Gasteiger partial charge in [0.15, 0.2) is 17.7 Å². The number of hydrogen-bond acceptors (Lipinski definition) is 4. The summed E-state index contributed by atoms with van der Waals surface area (Å²) in [5.74, 6) is 0.00931. The zero-order chi connectivity index (χ0) is 12.5. The molecule has 0 aromatic carbocycles. The van der Waals surface area contributed by atoms with E-state index in [1.54, 1.807) is 7.11 Å². The van der Waals surface area contributed by atoms with Crippen molar-refractivity contribution >= 4 is 6.29 Å². The molecule has 1 aliphatic heterocycles. The third-order valence-corrected chi connectivity index (χ3v) is 4.46. The molecule has 0 unspecified atom stereocenters. The third kappa shape index (κ3) is 2.26. The van der Waals surface area contributed by atoms with Crippen LogP contribution < -0.4 is 0 Å². The number of ether oxygens (including phenoxy) is 1. The van der Waals surface area contributed by atoms with Crippen LogP contribution in [0.1, 0.15) is 46.0 Å². The van der Waals surface area contributed by atoms with Crippen LogP contribution in [0.5, 0.6) is 0 Å². The quantitative estimate of drug-likeness (QED) is 0.551. The van der Waals surface area contributed by atoms with E-state index in [4.69, 9.17) is 14.5 Å². The van der Waals surface area contributed by atoms with Crippen LogP contribution >= 0.6 is 0 Å². The molecule has 0 radical (unpaired) electrons. The first-order chi connectivity index (χ1) is 8.05. The lowest BCUT2D eigenvalue weighted by Crippen LogP contribution is -2.47. The average molecular weight is 242 g/mol. The Morgan fingerprint density at radius 1 is 1.29 bits per heavy atom. The summed E-state index contributed by atoms with van der Waals surface area (Å²) in [6.07, 6.45) is 5.54. The van der Waals surface area contributed by atoms with Gasteiger partial charge in [-0.05, 0) is 32.1 Å². The van der Waals surface area contributed by atoms with Crippen molar-refractivity contribution in [3.8, 4) is 0 Å². The first kappa shape index (κ1) is 13.0. The van der Waals surface area contributed by atoms with Gasteiger partial charge in [0, 0.05) is 19.4 Å². The summed E-state index contributed by atoms with van der Waals surface area (Å²) in [5.41, 5.74) is -0.756. The minimum absolute atomic E-state index is 0.241. The van der Waals surface area contributed by atoms with E-state index < -0.39 is 11.4 Å². The smallest absolute Gasteiger partial charge is 0.198 e. The molecule has 1 heterocycles. The number of carbonyl (C=O) groups excluding carboxylic acids is 1. The van der Waals surface area contributed by atoms with E-state index in [0.717, 1.165) is 38.4 Å². The third-order valence-electron chi connectivity index (χ3n) is 4.46. The highest BCUT2D eigenvalue weighted by Crippen LogP contribution is 2.46. The largest absolute Gasteiger partial charge is 0.351 e. The van der Waals surface area contributed by atoms with Crippen molar-refractivity contribution in [2.75, 3.05) is 7.11 Å². The molecule has 1 saturated heterocycles. The Morgan fingerprint density at radius 3 is 2.71 bits per heavy atom. The van der Waals surface area contributed by atoms with Gasteiger partial charge in [0.05, 0.1) is 0 Å². The zero-order valence-corrected chi connectivity index (χ0v) is 10.9. The Bertz CT molecular complexity index is 293. The van der Waals surface area contributed by atoms with E-state index in [1.807, 2.05) is 6.92 Å². The van der Waals surface area contributed by atoms with Gasteiger partial charge >= 0.3 is 0 Å². The molecule has 17 heavy (non-hydrogen) atoms. The van der Waals surface area contributed by atoms with Gasteiger partial charge in [0.2, 0.25) is 0 Å². The first-order valence-electron chi connectivity index (χ1n) is 6.43. The molecule has 1 aliphatic carbocycles. The second-order valence-corrected chi connectivity index (χ2v) is 5.59. The monoisotopic (exact) mass is 242 g/mol. The summed E-state index contributed by atoms with van der Waals surface area (Å²) in [5, 5.41) is 0. The molecule has 0 spiro atoms. The fourth-order valence-electron chi connectivity index (χ4n) is 3.13. The summed E-state index contributed by atoms with van der Waals surface area (Å²) in [6, 6.07) is 0. The molecule has 4 atom stereocenters. The Morgan fingerprint density at radius 2 is 2.06 bits per heavy atom. The van der Waals surface area contributed by atoms with E-state index in [-0.39, 0.29) is 5.92 Å². The van der Waals surface area contributed by atoms with Crippen LogP contribution in [0, 0.1) is 11.8 Å². The summed E-state index contributed by atoms with van der Waals surface area (Å²) < 4.78 is 5.33. The van der Waals surface area contributed by atoms with Crippen molar-refractivity contribution in [3.63, 3.8) is 0 Å². The summed E-state index contributed by atoms with van der Waals surface area (Å²) in [6.45, 7) is 4.05. The zero-order valence-electron chi connectivity index (χ0n) is 10.9. The van der Waals surface area contributed by atoms with Crippen molar-refractivity contribution in [3.05, 3.63) is 0 Å². The number of aldehydes is 1. The molecular formula is C13H22O4. The summed E-state index contributed by atoms with van der Waals surface area (Å²) in [7, 11) is 1.61. The first-order valence-corrected chi connectivity index (χ1v) is 6.43. The van der Waals surface area contributed by atoms with Crippen LogP contribution in [0.4, 0.5) is 0 Å². The highest BCUT2D eigenvalue weighted by atomic mass is 17.2. The normalized spacial score (nSPS) is 47.0. The fourth-order valence-corrected chi connectivity index (χ4v) is 3.13. The van der Waals surface area contributed by atoms with Crippen LogP contribution in [-0.2, 0) is 19.3 Å². The molecule has 0 bridgehead atoms. The predicted molar refractivity (Wildman–Crippen MR) is 62.1 cm³/mol. The molecule has 2 fully saturated rings. The van der Waals surface area contributed by atoms with Gasteiger partial charge in [0.1, 0.15) is 0 Å². The van der Waals surface area contributed by atoms with Gasteiger partial charge in [0.25, 0.3) is 0 Å². The van der Waals surface area contributed by atoms with Crippen LogP contribution in [-0.4, -0.2) is 24.8 Å². The van der Waals surface area contributed by atoms with Gasteiger partial charge in [-0.1, -0.05) is 13.3 Å². The maximum Gasteiger partial charge on any atom is 0.198 e. The van der Waals surface area contributed by atoms with Crippen LogP contribution in [0.2, 0.25) is 0 Å². The van der Waals surface area contributed by atoms with Crippen molar-refractivity contribution < 1.29 is 19.3 Å². The molecule has 2 aliphatic rings. The SMILES string of the molecule is CO[C@]1(C)CC[C@H]2[C@H](C)CCC[C@]2(C=O)OO1. The van der Waals surface area contributed by atoms with Crippen LogP contribution in [0.25, 0.3) is 0 Å². The molecule has 2 rings (SSSR count). The highest BCUT2D eigenvalue weighted by Gasteiger charge is 2.50. The second kappa shape index (κ2) is 4.67.